The molecule has 1 saturated heterocycles. The van der Waals surface area contributed by atoms with Crippen LogP contribution < -0.4 is 4.74 Å². The lowest BCUT2D eigenvalue weighted by Gasteiger charge is -2.36. The number of morpholine rings is 1. The lowest BCUT2D eigenvalue weighted by atomic mass is 10.2. The van der Waals surface area contributed by atoms with Crippen molar-refractivity contribution in [3.05, 3.63) is 29.8 Å². The van der Waals surface area contributed by atoms with Crippen LogP contribution in [0.2, 0.25) is 0 Å². The number of aliphatic hydroxyl groups excluding tert-OH is 1. The topological polar surface area (TPSA) is 45.2 Å². The van der Waals surface area contributed by atoms with Crippen molar-refractivity contribution in [2.75, 3.05) is 40.3 Å². The van der Waals surface area contributed by atoms with Crippen molar-refractivity contribution in [1.82, 2.24) is 9.80 Å². The molecule has 1 N–H and O–H groups in total. The van der Waals surface area contributed by atoms with E-state index >= 15 is 0 Å². The number of β-amino-alcohol motifs (C(OH)–C–C–N with tert-alkyl or cyclic N) is 1. The minimum atomic E-state index is -0.351. The summed E-state index contributed by atoms with van der Waals surface area (Å²) < 4.78 is 10.9. The Morgan fingerprint density at radius 2 is 1.87 bits per heavy atom. The molecule has 1 aromatic carbocycles. The van der Waals surface area contributed by atoms with Gasteiger partial charge in [0.25, 0.3) is 0 Å². The normalized spacial score (nSPS) is 23.9. The van der Waals surface area contributed by atoms with Crippen molar-refractivity contribution in [3.8, 4) is 5.75 Å². The molecule has 3 unspecified atom stereocenters. The molecule has 0 radical (unpaired) electrons. The molecule has 5 nitrogen and oxygen atoms in total. The molecule has 1 aliphatic rings. The highest BCUT2D eigenvalue weighted by Gasteiger charge is 2.24. The first-order valence-electron chi connectivity index (χ1n) is 8.33. The number of benzene rings is 1. The van der Waals surface area contributed by atoms with Crippen molar-refractivity contribution in [2.45, 2.75) is 38.7 Å². The zero-order valence-corrected chi connectivity index (χ0v) is 14.7. The van der Waals surface area contributed by atoms with Gasteiger partial charge in [0.2, 0.25) is 0 Å². The van der Waals surface area contributed by atoms with Crippen LogP contribution in [0, 0.1) is 0 Å². The SMILES string of the molecule is COc1ccc(CN(C)CC(O)CN2CC(C)OC(C)C2)cc1. The van der Waals surface area contributed by atoms with Crippen LogP contribution in [0.25, 0.3) is 0 Å². The van der Waals surface area contributed by atoms with Gasteiger partial charge in [0.05, 0.1) is 25.4 Å². The molecule has 23 heavy (non-hydrogen) atoms. The van der Waals surface area contributed by atoms with Gasteiger partial charge in [-0.1, -0.05) is 12.1 Å². The van der Waals surface area contributed by atoms with Gasteiger partial charge in [-0.05, 0) is 38.6 Å². The molecule has 1 heterocycles. The molecule has 1 aromatic rings. The Bertz CT molecular complexity index is 456. The quantitative estimate of drug-likeness (QED) is 0.826. The number of hydrogen-bond donors (Lipinski definition) is 1. The number of methoxy groups -OCH3 is 1. The zero-order chi connectivity index (χ0) is 16.8. The van der Waals surface area contributed by atoms with Gasteiger partial charge in [-0.15, -0.1) is 0 Å². The summed E-state index contributed by atoms with van der Waals surface area (Å²) >= 11 is 0. The van der Waals surface area contributed by atoms with Crippen LogP contribution in [0.4, 0.5) is 0 Å². The Balaban J connectivity index is 1.76. The molecule has 5 heteroatoms. The number of nitrogens with zero attached hydrogens (tertiary/aromatic N) is 2. The maximum absolute atomic E-state index is 10.4. The molecule has 2 rings (SSSR count). The lowest BCUT2D eigenvalue weighted by Crippen LogP contribution is -2.49. The third kappa shape index (κ3) is 6.11. The lowest BCUT2D eigenvalue weighted by molar-refractivity contribution is -0.0777. The second-order valence-corrected chi connectivity index (χ2v) is 6.67. The van der Waals surface area contributed by atoms with Crippen LogP contribution in [-0.2, 0) is 11.3 Å². The molecule has 0 spiro atoms. The first kappa shape index (κ1) is 18.2. The van der Waals surface area contributed by atoms with Gasteiger partial charge in [-0.2, -0.15) is 0 Å². The fourth-order valence-electron chi connectivity index (χ4n) is 3.26. The van der Waals surface area contributed by atoms with E-state index in [9.17, 15) is 5.11 Å². The number of hydrogen-bond acceptors (Lipinski definition) is 5. The summed E-state index contributed by atoms with van der Waals surface area (Å²) in [5.74, 6) is 0.868. The van der Waals surface area contributed by atoms with Gasteiger partial charge in [-0.3, -0.25) is 9.80 Å². The van der Waals surface area contributed by atoms with Crippen LogP contribution in [0.5, 0.6) is 5.75 Å². The predicted molar refractivity (Wildman–Crippen MR) is 91.8 cm³/mol. The molecule has 0 aromatic heterocycles. The Hall–Kier alpha value is -1.14. The Kier molecular flexibility index (Phi) is 6.84. The monoisotopic (exact) mass is 322 g/mol. The largest absolute Gasteiger partial charge is 0.497 e. The molecule has 0 saturated carbocycles. The number of ether oxygens (including phenoxy) is 2. The van der Waals surface area contributed by atoms with Crippen LogP contribution in [0.1, 0.15) is 19.4 Å². The molecule has 1 fully saturated rings. The summed E-state index contributed by atoms with van der Waals surface area (Å²) in [6.45, 7) is 8.14. The van der Waals surface area contributed by atoms with Gasteiger partial charge in [-0.25, -0.2) is 0 Å². The molecule has 1 aliphatic heterocycles. The van der Waals surface area contributed by atoms with Crippen molar-refractivity contribution in [3.63, 3.8) is 0 Å². The zero-order valence-electron chi connectivity index (χ0n) is 14.7. The molecule has 130 valence electrons. The van der Waals surface area contributed by atoms with E-state index in [1.54, 1.807) is 7.11 Å². The highest BCUT2D eigenvalue weighted by atomic mass is 16.5. The van der Waals surface area contributed by atoms with Crippen LogP contribution in [0.3, 0.4) is 0 Å². The summed E-state index contributed by atoms with van der Waals surface area (Å²) in [6, 6.07) is 8.06. The van der Waals surface area contributed by atoms with E-state index in [0.717, 1.165) is 25.4 Å². The van der Waals surface area contributed by atoms with Crippen molar-refractivity contribution in [2.24, 2.45) is 0 Å². The Labute approximate surface area is 139 Å². The molecular formula is C18H30N2O3. The summed E-state index contributed by atoms with van der Waals surface area (Å²) in [4.78, 5) is 4.45. The van der Waals surface area contributed by atoms with Crippen molar-refractivity contribution < 1.29 is 14.6 Å². The van der Waals surface area contributed by atoms with E-state index in [4.69, 9.17) is 9.47 Å². The third-order valence-corrected chi connectivity index (χ3v) is 4.10. The van der Waals surface area contributed by atoms with Gasteiger partial charge in [0.1, 0.15) is 5.75 Å². The third-order valence-electron chi connectivity index (χ3n) is 4.10. The van der Waals surface area contributed by atoms with E-state index in [2.05, 4.69) is 35.8 Å². The number of rotatable bonds is 7. The first-order valence-corrected chi connectivity index (χ1v) is 8.33. The van der Waals surface area contributed by atoms with E-state index < -0.39 is 0 Å². The fraction of sp³-hybridized carbons (Fsp3) is 0.667. The Morgan fingerprint density at radius 3 is 2.43 bits per heavy atom. The van der Waals surface area contributed by atoms with Crippen molar-refractivity contribution >= 4 is 0 Å². The summed E-state index contributed by atoms with van der Waals surface area (Å²) in [6.07, 6.45) is 0.127. The van der Waals surface area contributed by atoms with Gasteiger partial charge < -0.3 is 14.6 Å². The van der Waals surface area contributed by atoms with Gasteiger partial charge in [0, 0.05) is 32.7 Å². The maximum atomic E-state index is 10.4. The summed E-state index contributed by atoms with van der Waals surface area (Å²) in [5, 5.41) is 10.4. The van der Waals surface area contributed by atoms with Crippen molar-refractivity contribution in [1.29, 1.82) is 0 Å². The molecular weight excluding hydrogens is 292 g/mol. The predicted octanol–water partition coefficient (Wildman–Crippen LogP) is 1.60. The van der Waals surface area contributed by atoms with Gasteiger partial charge in [0.15, 0.2) is 0 Å². The summed E-state index contributed by atoms with van der Waals surface area (Å²) in [7, 11) is 3.71. The maximum Gasteiger partial charge on any atom is 0.118 e. The standard InChI is InChI=1S/C18H30N2O3/c1-14-9-20(10-15(2)23-14)13-17(21)12-19(3)11-16-5-7-18(22-4)8-6-16/h5-8,14-15,17,21H,9-13H2,1-4H3. The minimum Gasteiger partial charge on any atom is -0.497 e. The smallest absolute Gasteiger partial charge is 0.118 e. The molecule has 0 amide bonds. The average molecular weight is 322 g/mol. The minimum absolute atomic E-state index is 0.239. The van der Waals surface area contributed by atoms with Crippen LogP contribution in [0.15, 0.2) is 24.3 Å². The average Bonchev–Trinajstić information content (AvgIpc) is 2.46. The first-order chi connectivity index (χ1) is 11.0. The number of aliphatic hydroxyl groups is 1. The van der Waals surface area contributed by atoms with E-state index in [1.165, 1.54) is 5.56 Å². The molecule has 0 aliphatic carbocycles. The second kappa shape index (κ2) is 8.64. The Morgan fingerprint density at radius 1 is 1.26 bits per heavy atom. The van der Waals surface area contributed by atoms with Gasteiger partial charge >= 0.3 is 0 Å². The second-order valence-electron chi connectivity index (χ2n) is 6.67. The van der Waals surface area contributed by atoms with E-state index in [-0.39, 0.29) is 18.3 Å². The highest BCUT2D eigenvalue weighted by Crippen LogP contribution is 2.14. The van der Waals surface area contributed by atoms with E-state index in [1.807, 2.05) is 19.2 Å². The summed E-state index contributed by atoms with van der Waals surface area (Å²) in [5.41, 5.74) is 1.22. The molecule has 3 atom stereocenters. The highest BCUT2D eigenvalue weighted by molar-refractivity contribution is 5.27. The molecule has 0 bridgehead atoms. The van der Waals surface area contributed by atoms with Crippen LogP contribution in [-0.4, -0.2) is 73.6 Å². The fourth-order valence-corrected chi connectivity index (χ4v) is 3.26. The van der Waals surface area contributed by atoms with Crippen LogP contribution >= 0.6 is 0 Å². The number of likely N-dealkylation sites (N-methyl/N-ethyl adjacent to an activating group) is 1. The van der Waals surface area contributed by atoms with E-state index in [0.29, 0.717) is 13.1 Å².